The zero-order valence-electron chi connectivity index (χ0n) is 14.0. The minimum atomic E-state index is -0.447. The van der Waals surface area contributed by atoms with Crippen LogP contribution in [0.4, 0.5) is 0 Å². The largest absolute Gasteiger partial charge is 0.345 e. The highest BCUT2D eigenvalue weighted by Gasteiger charge is 2.28. The molecule has 0 bridgehead atoms. The van der Waals surface area contributed by atoms with Gasteiger partial charge in [-0.05, 0) is 35.4 Å². The molecule has 0 spiro atoms. The predicted octanol–water partition coefficient (Wildman–Crippen LogP) is 2.01. The molecule has 2 heterocycles. The van der Waals surface area contributed by atoms with E-state index in [-0.39, 0.29) is 17.9 Å². The average Bonchev–Trinajstić information content (AvgIpc) is 3.24. The normalized spacial score (nSPS) is 15.1. The first-order chi connectivity index (χ1) is 11.6. The number of carbonyl (C=O) groups excluding carboxylic acids is 1. The first kappa shape index (κ1) is 16.1. The van der Waals surface area contributed by atoms with Gasteiger partial charge in [-0.2, -0.15) is 0 Å². The Morgan fingerprint density at radius 1 is 1.33 bits per heavy atom. The van der Waals surface area contributed by atoms with E-state index in [1.165, 1.54) is 11.0 Å². The molecule has 24 heavy (non-hydrogen) atoms. The van der Waals surface area contributed by atoms with Crippen LogP contribution in [-0.4, -0.2) is 36.1 Å². The molecule has 0 saturated heterocycles. The number of hydrogen-bond acceptors (Lipinski definition) is 5. The molecule has 0 radical (unpaired) electrons. The summed E-state index contributed by atoms with van der Waals surface area (Å²) in [4.78, 5) is 20.6. The van der Waals surface area contributed by atoms with E-state index in [1.54, 1.807) is 0 Å². The lowest BCUT2D eigenvalue weighted by atomic mass is 9.98. The highest BCUT2D eigenvalue weighted by atomic mass is 16.2. The molecular formula is C16H21N7O. The maximum absolute atomic E-state index is 12.8. The van der Waals surface area contributed by atoms with Gasteiger partial charge in [-0.15, -0.1) is 5.10 Å². The molecule has 0 saturated carbocycles. The van der Waals surface area contributed by atoms with Crippen molar-refractivity contribution in [1.29, 1.82) is 0 Å². The van der Waals surface area contributed by atoms with E-state index in [0.717, 1.165) is 23.3 Å². The number of rotatable bonds is 6. The maximum Gasteiger partial charge on any atom is 0.245 e. The van der Waals surface area contributed by atoms with Gasteiger partial charge < -0.3 is 10.3 Å². The quantitative estimate of drug-likeness (QED) is 0.721. The number of carbonyl (C=O) groups is 1. The summed E-state index contributed by atoms with van der Waals surface area (Å²) in [6, 6.07) is 7.10. The fourth-order valence-corrected chi connectivity index (χ4v) is 2.70. The smallest absolute Gasteiger partial charge is 0.245 e. The van der Waals surface area contributed by atoms with Crippen molar-refractivity contribution in [3.63, 3.8) is 0 Å². The number of para-hydroxylation sites is 2. The Balaban J connectivity index is 1.78. The van der Waals surface area contributed by atoms with Crippen LogP contribution >= 0.6 is 0 Å². The molecule has 3 aromatic rings. The van der Waals surface area contributed by atoms with Crippen molar-refractivity contribution in [3.05, 3.63) is 36.4 Å². The number of imidazole rings is 1. The van der Waals surface area contributed by atoms with Crippen LogP contribution in [0.15, 0.2) is 30.6 Å². The summed E-state index contributed by atoms with van der Waals surface area (Å²) in [6.45, 7) is 5.96. The average molecular weight is 327 g/mol. The second-order valence-electron chi connectivity index (χ2n) is 5.99. The molecule has 8 nitrogen and oxygen atoms in total. The van der Waals surface area contributed by atoms with E-state index in [4.69, 9.17) is 0 Å². The topological polar surface area (TPSA) is 101 Å². The second-order valence-corrected chi connectivity index (χ2v) is 5.99. The number of aromatic nitrogens is 6. The van der Waals surface area contributed by atoms with Gasteiger partial charge in [0.05, 0.1) is 17.1 Å². The molecule has 3 atom stereocenters. The summed E-state index contributed by atoms with van der Waals surface area (Å²) in [7, 11) is 0. The Bertz CT molecular complexity index is 778. The van der Waals surface area contributed by atoms with Crippen LogP contribution < -0.4 is 5.32 Å². The Kier molecular flexibility index (Phi) is 4.54. The standard InChI is InChI=1S/C16H21N7O/c1-4-10(2)14(23-9-17-21-22-23)16(24)18-11(3)15-19-12-7-5-6-8-13(12)20-15/h5-11,14H,4H2,1-3H3,(H,18,24)(H,19,20). The molecule has 3 unspecified atom stereocenters. The lowest BCUT2D eigenvalue weighted by Crippen LogP contribution is -2.38. The highest BCUT2D eigenvalue weighted by molar-refractivity contribution is 5.81. The monoisotopic (exact) mass is 327 g/mol. The molecule has 1 amide bonds. The molecule has 1 aromatic carbocycles. The molecule has 3 rings (SSSR count). The number of aromatic amines is 1. The van der Waals surface area contributed by atoms with Crippen LogP contribution in [0.1, 0.15) is 45.1 Å². The molecule has 0 aliphatic rings. The Hall–Kier alpha value is -2.77. The van der Waals surface area contributed by atoms with Gasteiger partial charge in [-0.3, -0.25) is 4.79 Å². The van der Waals surface area contributed by atoms with E-state index >= 15 is 0 Å². The molecular weight excluding hydrogens is 306 g/mol. The van der Waals surface area contributed by atoms with E-state index in [0.29, 0.717) is 0 Å². The van der Waals surface area contributed by atoms with Crippen molar-refractivity contribution in [1.82, 2.24) is 35.5 Å². The molecule has 0 fully saturated rings. The summed E-state index contributed by atoms with van der Waals surface area (Å²) in [5.41, 5.74) is 1.83. The van der Waals surface area contributed by atoms with Crippen LogP contribution in [0.2, 0.25) is 0 Å². The first-order valence-corrected chi connectivity index (χ1v) is 8.07. The van der Waals surface area contributed by atoms with Crippen LogP contribution in [0, 0.1) is 5.92 Å². The second kappa shape index (κ2) is 6.77. The van der Waals surface area contributed by atoms with Crippen LogP contribution in [0.3, 0.4) is 0 Å². The summed E-state index contributed by atoms with van der Waals surface area (Å²) in [5.74, 6) is 0.713. The Labute approximate surface area is 139 Å². The van der Waals surface area contributed by atoms with Crippen molar-refractivity contribution < 1.29 is 4.79 Å². The summed E-state index contributed by atoms with van der Waals surface area (Å²) < 4.78 is 1.51. The molecule has 0 aliphatic carbocycles. The number of tetrazole rings is 1. The lowest BCUT2D eigenvalue weighted by Gasteiger charge is -2.23. The molecule has 2 aromatic heterocycles. The fourth-order valence-electron chi connectivity index (χ4n) is 2.70. The fraction of sp³-hybridized carbons (Fsp3) is 0.438. The number of nitrogens with one attached hydrogen (secondary N) is 2. The van der Waals surface area contributed by atoms with E-state index < -0.39 is 6.04 Å². The number of hydrogen-bond donors (Lipinski definition) is 2. The number of amides is 1. The Morgan fingerprint density at radius 3 is 2.79 bits per heavy atom. The minimum absolute atomic E-state index is 0.108. The highest BCUT2D eigenvalue weighted by Crippen LogP contribution is 2.22. The van der Waals surface area contributed by atoms with Gasteiger partial charge in [0, 0.05) is 0 Å². The predicted molar refractivity (Wildman–Crippen MR) is 89.0 cm³/mol. The van der Waals surface area contributed by atoms with Crippen molar-refractivity contribution in [3.8, 4) is 0 Å². The Morgan fingerprint density at radius 2 is 2.12 bits per heavy atom. The van der Waals surface area contributed by atoms with Gasteiger partial charge in [-0.25, -0.2) is 9.67 Å². The number of nitrogens with zero attached hydrogens (tertiary/aromatic N) is 5. The van der Waals surface area contributed by atoms with Crippen LogP contribution in [-0.2, 0) is 4.79 Å². The molecule has 0 aliphatic heterocycles. The van der Waals surface area contributed by atoms with E-state index in [9.17, 15) is 4.79 Å². The van der Waals surface area contributed by atoms with Gasteiger partial charge in [0.15, 0.2) is 0 Å². The van der Waals surface area contributed by atoms with Crippen molar-refractivity contribution in [2.75, 3.05) is 0 Å². The van der Waals surface area contributed by atoms with Gasteiger partial charge >= 0.3 is 0 Å². The number of fused-ring (bicyclic) bond motifs is 1. The molecule has 126 valence electrons. The van der Waals surface area contributed by atoms with E-state index in [2.05, 4.69) is 30.8 Å². The van der Waals surface area contributed by atoms with Crippen LogP contribution in [0.5, 0.6) is 0 Å². The lowest BCUT2D eigenvalue weighted by molar-refractivity contribution is -0.126. The third kappa shape index (κ3) is 3.12. The first-order valence-electron chi connectivity index (χ1n) is 8.07. The SMILES string of the molecule is CCC(C)C(C(=O)NC(C)c1nc2ccccc2[nH]1)n1cnnn1. The van der Waals surface area contributed by atoms with Crippen LogP contribution in [0.25, 0.3) is 11.0 Å². The zero-order chi connectivity index (χ0) is 17.1. The minimum Gasteiger partial charge on any atom is -0.345 e. The third-order valence-electron chi connectivity index (χ3n) is 4.28. The third-order valence-corrected chi connectivity index (χ3v) is 4.28. The van der Waals surface area contributed by atoms with Crippen molar-refractivity contribution in [2.45, 2.75) is 39.3 Å². The summed E-state index contributed by atoms with van der Waals surface area (Å²) >= 11 is 0. The van der Waals surface area contributed by atoms with Gasteiger partial charge in [-0.1, -0.05) is 32.4 Å². The van der Waals surface area contributed by atoms with Gasteiger partial charge in [0.25, 0.3) is 0 Å². The van der Waals surface area contributed by atoms with Gasteiger partial charge in [0.1, 0.15) is 18.2 Å². The summed E-state index contributed by atoms with van der Waals surface area (Å²) in [6.07, 6.45) is 2.32. The zero-order valence-corrected chi connectivity index (χ0v) is 14.0. The number of H-pyrrole nitrogens is 1. The summed E-state index contributed by atoms with van der Waals surface area (Å²) in [5, 5.41) is 14.2. The van der Waals surface area contributed by atoms with E-state index in [1.807, 2.05) is 45.0 Å². The maximum atomic E-state index is 12.8. The molecule has 8 heteroatoms. The molecule has 2 N–H and O–H groups in total. The van der Waals surface area contributed by atoms with Crippen molar-refractivity contribution in [2.24, 2.45) is 5.92 Å². The van der Waals surface area contributed by atoms with Gasteiger partial charge in [0.2, 0.25) is 5.91 Å². The van der Waals surface area contributed by atoms with Crippen molar-refractivity contribution >= 4 is 16.9 Å². The number of benzene rings is 1.